The summed E-state index contributed by atoms with van der Waals surface area (Å²) in [4.78, 5) is 41.9. The molecule has 46 heavy (non-hydrogen) atoms. The number of aromatic nitrogens is 2. The summed E-state index contributed by atoms with van der Waals surface area (Å²) >= 11 is 0. The number of nitrogens with zero attached hydrogens (tertiary/aromatic N) is 4. The molecule has 15 nitrogen and oxygen atoms in total. The van der Waals surface area contributed by atoms with Crippen LogP contribution in [0.3, 0.4) is 0 Å². The summed E-state index contributed by atoms with van der Waals surface area (Å²) in [7, 11) is -4.57. The van der Waals surface area contributed by atoms with Crippen molar-refractivity contribution in [3.8, 4) is 5.75 Å². The van der Waals surface area contributed by atoms with Crippen LogP contribution in [0.2, 0.25) is 0 Å². The Morgan fingerprint density at radius 1 is 1.15 bits per heavy atom. The number of carbonyl (C=O) groups is 1. The maximum absolute atomic E-state index is 14.4. The van der Waals surface area contributed by atoms with Crippen LogP contribution in [0.25, 0.3) is 21.2 Å². The highest BCUT2D eigenvalue weighted by Gasteiger charge is 2.55. The first-order valence-corrected chi connectivity index (χ1v) is 15.7. The van der Waals surface area contributed by atoms with Crippen molar-refractivity contribution >= 4 is 24.5 Å². The van der Waals surface area contributed by atoms with E-state index in [0.29, 0.717) is 5.39 Å². The number of ether oxygens (including phenoxy) is 2. The fourth-order valence-corrected chi connectivity index (χ4v) is 6.55. The molecule has 1 aliphatic rings. The van der Waals surface area contributed by atoms with Crippen LogP contribution in [0.5, 0.6) is 5.75 Å². The Morgan fingerprint density at radius 3 is 2.61 bits per heavy atom. The number of fused-ring (bicyclic) bond motifs is 1. The molecule has 1 aromatic heterocycles. The van der Waals surface area contributed by atoms with Crippen LogP contribution < -0.4 is 20.9 Å². The second-order valence-electron chi connectivity index (χ2n) is 10.6. The minimum atomic E-state index is -4.57. The molecule has 1 fully saturated rings. The zero-order valence-corrected chi connectivity index (χ0v) is 25.7. The van der Waals surface area contributed by atoms with Crippen molar-refractivity contribution in [3.63, 3.8) is 0 Å². The summed E-state index contributed by atoms with van der Waals surface area (Å²) in [6.07, 6.45) is -1.63. The van der Waals surface area contributed by atoms with Gasteiger partial charge in [0.05, 0.1) is 12.7 Å². The van der Waals surface area contributed by atoms with Gasteiger partial charge in [0.1, 0.15) is 24.6 Å². The van der Waals surface area contributed by atoms with E-state index in [1.807, 2.05) is 24.3 Å². The highest BCUT2D eigenvalue weighted by Crippen LogP contribution is 2.50. The lowest BCUT2D eigenvalue weighted by molar-refractivity contribution is -0.146. The Balaban J connectivity index is 1.43. The molecule has 1 saturated heterocycles. The summed E-state index contributed by atoms with van der Waals surface area (Å²) in [6, 6.07) is 21.0. The molecule has 2 unspecified atom stereocenters. The van der Waals surface area contributed by atoms with Gasteiger partial charge < -0.3 is 19.1 Å². The highest BCUT2D eigenvalue weighted by molar-refractivity contribution is 7.52. The Labute approximate surface area is 261 Å². The number of carbonyl (C=O) groups excluding carboxylic acids is 1. The van der Waals surface area contributed by atoms with Crippen molar-refractivity contribution in [1.82, 2.24) is 14.6 Å². The van der Waals surface area contributed by atoms with Gasteiger partial charge in [0.15, 0.2) is 5.72 Å². The van der Waals surface area contributed by atoms with E-state index in [2.05, 4.69) is 20.1 Å². The molecule has 5 rings (SSSR count). The molecule has 0 saturated carbocycles. The summed E-state index contributed by atoms with van der Waals surface area (Å²) in [5.41, 5.74) is 6.48. The first kappa shape index (κ1) is 32.6. The van der Waals surface area contributed by atoms with E-state index in [1.165, 1.54) is 20.0 Å². The SMILES string of the molecule is C[C@H]1[C@H](n2ccc(=O)[nH]c2=O)OC(COP(=O)(N[C@@H](C)C(=O)OCc2ccccc2)Oc2cccc3ccccc23)(N=[N+]=[N-])[C@H]1O. The van der Waals surface area contributed by atoms with Crippen LogP contribution in [0.15, 0.2) is 99.8 Å². The number of aliphatic hydroxyl groups is 1. The minimum Gasteiger partial charge on any atom is -0.460 e. The van der Waals surface area contributed by atoms with Gasteiger partial charge in [-0.2, -0.15) is 5.09 Å². The van der Waals surface area contributed by atoms with Crippen LogP contribution in [0.1, 0.15) is 25.6 Å². The first-order valence-electron chi connectivity index (χ1n) is 14.2. The highest BCUT2D eigenvalue weighted by atomic mass is 31.2. The lowest BCUT2D eigenvalue weighted by atomic mass is 9.98. The third-order valence-electron chi connectivity index (χ3n) is 7.41. The van der Waals surface area contributed by atoms with E-state index in [0.717, 1.165) is 21.6 Å². The quantitative estimate of drug-likeness (QED) is 0.0656. The third kappa shape index (κ3) is 7.05. The zero-order chi connectivity index (χ0) is 32.9. The smallest absolute Gasteiger partial charge is 0.459 e. The number of hydrogen-bond donors (Lipinski definition) is 3. The maximum atomic E-state index is 14.4. The predicted molar refractivity (Wildman–Crippen MR) is 165 cm³/mol. The molecule has 0 bridgehead atoms. The number of nitrogens with one attached hydrogen (secondary N) is 2. The van der Waals surface area contributed by atoms with Crippen LogP contribution in [0, 0.1) is 5.92 Å². The molecule has 4 aromatic rings. The number of azide groups is 1. The van der Waals surface area contributed by atoms with Crippen molar-refractivity contribution < 1.29 is 33.0 Å². The third-order valence-corrected chi connectivity index (χ3v) is 9.02. The second kappa shape index (κ2) is 13.7. The van der Waals surface area contributed by atoms with Crippen LogP contribution in [-0.4, -0.2) is 45.1 Å². The molecule has 1 aliphatic heterocycles. The standard InChI is InChI=1S/C30H31N6O9P/c1-19-26(38)30(34-35-31,44-27(19)36-16-15-25(37)32-29(36)40)18-43-46(41,45-24-14-8-12-22-11-6-7-13-23(22)24)33-20(2)28(39)42-17-21-9-4-3-5-10-21/h3-16,19-20,26-27,38H,17-18H2,1-2H3,(H,33,41)(H,32,37,40)/t19-,20+,26+,27-,30?,46?/m1/s1. The minimum absolute atomic E-state index is 0.0372. The Morgan fingerprint density at radius 2 is 1.87 bits per heavy atom. The van der Waals surface area contributed by atoms with E-state index in [4.69, 9.17) is 18.5 Å². The van der Waals surface area contributed by atoms with Gasteiger partial charge in [0.2, 0.25) is 0 Å². The van der Waals surface area contributed by atoms with E-state index in [1.54, 1.807) is 48.5 Å². The lowest BCUT2D eigenvalue weighted by Crippen LogP contribution is -2.44. The average Bonchev–Trinajstić information content (AvgIpc) is 3.29. The zero-order valence-electron chi connectivity index (χ0n) is 24.8. The maximum Gasteiger partial charge on any atom is 0.459 e. The fraction of sp³-hybridized carbons (Fsp3) is 0.300. The largest absolute Gasteiger partial charge is 0.460 e. The van der Waals surface area contributed by atoms with Gasteiger partial charge in [-0.15, -0.1) is 0 Å². The fourth-order valence-electron chi connectivity index (χ4n) is 5.01. The van der Waals surface area contributed by atoms with E-state index < -0.39 is 61.6 Å². The molecule has 240 valence electrons. The Bertz CT molecular complexity index is 1920. The number of aromatic amines is 1. The molecule has 16 heteroatoms. The van der Waals surface area contributed by atoms with Crippen molar-refractivity contribution in [2.45, 2.75) is 44.6 Å². The van der Waals surface area contributed by atoms with Crippen molar-refractivity contribution in [1.29, 1.82) is 0 Å². The van der Waals surface area contributed by atoms with E-state index >= 15 is 0 Å². The number of rotatable bonds is 12. The van der Waals surface area contributed by atoms with Crippen LogP contribution in [0.4, 0.5) is 0 Å². The topological polar surface area (TPSA) is 207 Å². The molecule has 0 spiro atoms. The lowest BCUT2D eigenvalue weighted by Gasteiger charge is -2.30. The van der Waals surface area contributed by atoms with Gasteiger partial charge in [-0.1, -0.05) is 78.8 Å². The van der Waals surface area contributed by atoms with Crippen molar-refractivity contribution in [3.05, 3.63) is 122 Å². The van der Waals surface area contributed by atoms with Crippen molar-refractivity contribution in [2.24, 2.45) is 11.0 Å². The van der Waals surface area contributed by atoms with E-state index in [-0.39, 0.29) is 12.4 Å². The second-order valence-corrected chi connectivity index (χ2v) is 12.3. The number of H-pyrrole nitrogens is 1. The molecule has 2 heterocycles. The average molecular weight is 651 g/mol. The number of aliphatic hydroxyl groups excluding tert-OH is 1. The Hall–Kier alpha value is -4.75. The predicted octanol–water partition coefficient (Wildman–Crippen LogP) is 4.15. The number of benzene rings is 3. The number of hydrogen-bond acceptors (Lipinski definition) is 10. The summed E-state index contributed by atoms with van der Waals surface area (Å²) in [6.45, 7) is 2.06. The number of esters is 1. The molecule has 3 aromatic carbocycles. The van der Waals surface area contributed by atoms with Gasteiger partial charge in [-0.25, -0.2) is 9.36 Å². The molecule has 0 amide bonds. The molecule has 3 N–H and O–H groups in total. The van der Waals surface area contributed by atoms with Gasteiger partial charge in [-0.3, -0.25) is 23.7 Å². The van der Waals surface area contributed by atoms with Gasteiger partial charge >= 0.3 is 19.4 Å². The van der Waals surface area contributed by atoms with Gasteiger partial charge in [0.25, 0.3) is 5.56 Å². The first-order chi connectivity index (χ1) is 22.0. The monoisotopic (exact) mass is 650 g/mol. The summed E-state index contributed by atoms with van der Waals surface area (Å²) in [5.74, 6) is -1.49. The Kier molecular flexibility index (Phi) is 9.73. The normalized spacial score (nSPS) is 22.8. The van der Waals surface area contributed by atoms with Crippen LogP contribution >= 0.6 is 7.75 Å². The van der Waals surface area contributed by atoms with Gasteiger partial charge in [-0.05, 0) is 29.5 Å². The van der Waals surface area contributed by atoms with Gasteiger partial charge in [0, 0.05) is 28.5 Å². The molecular weight excluding hydrogens is 619 g/mol. The molecule has 0 aliphatic carbocycles. The van der Waals surface area contributed by atoms with E-state index in [9.17, 15) is 29.6 Å². The summed E-state index contributed by atoms with van der Waals surface area (Å²) < 4.78 is 38.5. The molecule has 6 atom stereocenters. The van der Waals surface area contributed by atoms with Crippen LogP contribution in [-0.2, 0) is 30.0 Å². The van der Waals surface area contributed by atoms with Crippen molar-refractivity contribution in [2.75, 3.05) is 6.61 Å². The summed E-state index contributed by atoms with van der Waals surface area (Å²) in [5, 5.41) is 18.8. The molecular formula is C30H31N6O9P. The molecule has 0 radical (unpaired) electrons.